The van der Waals surface area contributed by atoms with Crippen molar-refractivity contribution in [1.82, 2.24) is 0 Å². The van der Waals surface area contributed by atoms with Gasteiger partial charge in [-0.3, -0.25) is 4.79 Å². The number of hydrogen-bond acceptors (Lipinski definition) is 2. The molecule has 0 bridgehead atoms. The van der Waals surface area contributed by atoms with Crippen LogP contribution in [0.25, 0.3) is 10.4 Å². The number of benzene rings is 1. The van der Waals surface area contributed by atoms with Crippen LogP contribution in [0, 0.1) is 6.07 Å². The maximum Gasteiger partial charge on any atom is 0.221 e. The average Bonchev–Trinajstić information content (AvgIpc) is 2.71. The average molecular weight is 216 g/mol. The fourth-order valence-corrected chi connectivity index (χ4v) is 2.01. The van der Waals surface area contributed by atoms with E-state index in [-0.39, 0.29) is 5.91 Å². The summed E-state index contributed by atoms with van der Waals surface area (Å²) >= 11 is 1.69. The van der Waals surface area contributed by atoms with E-state index in [4.69, 9.17) is 0 Å². The van der Waals surface area contributed by atoms with Crippen molar-refractivity contribution < 1.29 is 4.79 Å². The van der Waals surface area contributed by atoms with Crippen molar-refractivity contribution in [2.24, 2.45) is 0 Å². The number of nitrogens with one attached hydrogen (secondary N) is 1. The van der Waals surface area contributed by atoms with Crippen molar-refractivity contribution >= 4 is 22.9 Å². The molecule has 0 aliphatic rings. The normalized spacial score (nSPS) is 9.93. The van der Waals surface area contributed by atoms with E-state index in [9.17, 15) is 4.79 Å². The van der Waals surface area contributed by atoms with Crippen molar-refractivity contribution in [2.45, 2.75) is 6.92 Å². The quantitative estimate of drug-likeness (QED) is 0.820. The molecular formula is C12H10NOS. The number of thiophene rings is 1. The van der Waals surface area contributed by atoms with Crippen LogP contribution in [0.15, 0.2) is 35.7 Å². The fourth-order valence-electron chi connectivity index (χ4n) is 1.29. The fraction of sp³-hybridized carbons (Fsp3) is 0.0833. The lowest BCUT2D eigenvalue weighted by atomic mass is 10.2. The maximum atomic E-state index is 10.8. The number of amides is 1. The molecule has 0 atom stereocenters. The van der Waals surface area contributed by atoms with Gasteiger partial charge in [-0.15, -0.1) is 11.3 Å². The monoisotopic (exact) mass is 216 g/mol. The first-order chi connectivity index (χ1) is 7.25. The van der Waals surface area contributed by atoms with Crippen molar-refractivity contribution in [3.05, 3.63) is 41.8 Å². The van der Waals surface area contributed by atoms with Crippen LogP contribution in [0.5, 0.6) is 0 Å². The van der Waals surface area contributed by atoms with Gasteiger partial charge in [0.1, 0.15) is 0 Å². The molecule has 0 unspecified atom stereocenters. The number of anilines is 1. The van der Waals surface area contributed by atoms with E-state index in [0.717, 1.165) is 5.56 Å². The molecule has 0 saturated heterocycles. The Bertz CT molecular complexity index is 445. The molecule has 1 aromatic heterocycles. The molecule has 1 amide bonds. The Hall–Kier alpha value is -1.61. The van der Waals surface area contributed by atoms with E-state index in [0.29, 0.717) is 5.69 Å². The van der Waals surface area contributed by atoms with Crippen LogP contribution in [0.2, 0.25) is 0 Å². The van der Waals surface area contributed by atoms with Crippen LogP contribution in [0.3, 0.4) is 0 Å². The van der Waals surface area contributed by atoms with Gasteiger partial charge in [-0.05, 0) is 29.1 Å². The minimum absolute atomic E-state index is 0.0740. The number of hydrogen-bond donors (Lipinski definition) is 1. The standard InChI is InChI=1S/C12H10NOS/c1-9(14)13-11-6-4-10(5-7-11)12-3-2-8-15-12/h2-6,8H,1H3,(H,13,14). The third-order valence-corrected chi connectivity index (χ3v) is 2.85. The lowest BCUT2D eigenvalue weighted by Gasteiger charge is -2.02. The summed E-state index contributed by atoms with van der Waals surface area (Å²) in [7, 11) is 0. The van der Waals surface area contributed by atoms with Crippen molar-refractivity contribution in [1.29, 1.82) is 0 Å². The van der Waals surface area contributed by atoms with Gasteiger partial charge in [0.15, 0.2) is 0 Å². The van der Waals surface area contributed by atoms with Crippen LogP contribution in [-0.2, 0) is 4.79 Å². The van der Waals surface area contributed by atoms with Crippen LogP contribution >= 0.6 is 11.3 Å². The van der Waals surface area contributed by atoms with E-state index in [1.165, 1.54) is 11.8 Å². The Morgan fingerprint density at radius 2 is 2.27 bits per heavy atom. The molecule has 1 radical (unpaired) electrons. The van der Waals surface area contributed by atoms with Gasteiger partial charge in [0.25, 0.3) is 0 Å². The molecule has 1 heterocycles. The van der Waals surface area contributed by atoms with E-state index in [1.54, 1.807) is 11.3 Å². The first kappa shape index (κ1) is 9.93. The zero-order valence-electron chi connectivity index (χ0n) is 8.28. The van der Waals surface area contributed by atoms with Gasteiger partial charge in [0.05, 0.1) is 0 Å². The van der Waals surface area contributed by atoms with Gasteiger partial charge >= 0.3 is 0 Å². The summed E-state index contributed by atoms with van der Waals surface area (Å²) in [6, 6.07) is 12.8. The molecule has 0 aliphatic heterocycles. The van der Waals surface area contributed by atoms with E-state index in [1.807, 2.05) is 29.6 Å². The predicted octanol–water partition coefficient (Wildman–Crippen LogP) is 3.17. The Morgan fingerprint density at radius 3 is 2.80 bits per heavy atom. The van der Waals surface area contributed by atoms with Crippen molar-refractivity contribution in [3.8, 4) is 10.4 Å². The lowest BCUT2D eigenvalue weighted by Crippen LogP contribution is -2.05. The molecule has 2 rings (SSSR count). The van der Waals surface area contributed by atoms with Crippen molar-refractivity contribution in [2.75, 3.05) is 5.32 Å². The van der Waals surface area contributed by atoms with Gasteiger partial charge in [-0.25, -0.2) is 0 Å². The highest BCUT2D eigenvalue weighted by Crippen LogP contribution is 2.25. The van der Waals surface area contributed by atoms with Crippen LogP contribution in [0.1, 0.15) is 6.92 Å². The molecule has 75 valence electrons. The van der Waals surface area contributed by atoms with E-state index >= 15 is 0 Å². The molecule has 0 spiro atoms. The van der Waals surface area contributed by atoms with E-state index < -0.39 is 0 Å². The molecule has 0 aliphatic carbocycles. The second kappa shape index (κ2) is 4.28. The Balaban J connectivity index is 2.21. The number of carbonyl (C=O) groups is 1. The summed E-state index contributed by atoms with van der Waals surface area (Å²) in [6.07, 6.45) is 0. The first-order valence-electron chi connectivity index (χ1n) is 4.59. The largest absolute Gasteiger partial charge is 0.326 e. The maximum absolute atomic E-state index is 10.8. The van der Waals surface area contributed by atoms with Crippen LogP contribution in [0.4, 0.5) is 5.69 Å². The summed E-state index contributed by atoms with van der Waals surface area (Å²) in [5.41, 5.74) is 1.84. The van der Waals surface area contributed by atoms with Gasteiger partial charge in [-0.1, -0.05) is 12.1 Å². The third-order valence-electron chi connectivity index (χ3n) is 1.93. The van der Waals surface area contributed by atoms with Gasteiger partial charge in [0, 0.05) is 23.6 Å². The van der Waals surface area contributed by atoms with E-state index in [2.05, 4.69) is 17.4 Å². The second-order valence-corrected chi connectivity index (χ2v) is 4.10. The SMILES string of the molecule is CC(=O)Nc1[c]cc(-c2cccs2)cc1. The molecule has 1 N–H and O–H groups in total. The molecular weight excluding hydrogens is 206 g/mol. The smallest absolute Gasteiger partial charge is 0.221 e. The number of carbonyl (C=O) groups excluding carboxylic acids is 1. The third kappa shape index (κ3) is 2.44. The van der Waals surface area contributed by atoms with Gasteiger partial charge in [0.2, 0.25) is 5.91 Å². The highest BCUT2D eigenvalue weighted by molar-refractivity contribution is 7.13. The Morgan fingerprint density at radius 1 is 1.40 bits per heavy atom. The topological polar surface area (TPSA) is 29.1 Å². The van der Waals surface area contributed by atoms with Gasteiger partial charge in [-0.2, -0.15) is 0 Å². The lowest BCUT2D eigenvalue weighted by molar-refractivity contribution is -0.114. The molecule has 2 aromatic rings. The highest BCUT2D eigenvalue weighted by atomic mass is 32.1. The summed E-state index contributed by atoms with van der Waals surface area (Å²) in [5, 5.41) is 4.72. The zero-order valence-corrected chi connectivity index (χ0v) is 9.10. The summed E-state index contributed by atoms with van der Waals surface area (Å²) in [6.45, 7) is 1.49. The summed E-state index contributed by atoms with van der Waals surface area (Å²) in [5.74, 6) is -0.0740. The highest BCUT2D eigenvalue weighted by Gasteiger charge is 1.99. The first-order valence-corrected chi connectivity index (χ1v) is 5.47. The minimum Gasteiger partial charge on any atom is -0.326 e. The van der Waals surface area contributed by atoms with Crippen LogP contribution < -0.4 is 5.32 Å². The molecule has 15 heavy (non-hydrogen) atoms. The minimum atomic E-state index is -0.0740. The predicted molar refractivity (Wildman–Crippen MR) is 62.9 cm³/mol. The Kier molecular flexibility index (Phi) is 2.83. The molecule has 0 saturated carbocycles. The van der Waals surface area contributed by atoms with Crippen LogP contribution in [-0.4, -0.2) is 5.91 Å². The van der Waals surface area contributed by atoms with Gasteiger partial charge < -0.3 is 5.32 Å². The second-order valence-electron chi connectivity index (χ2n) is 3.15. The van der Waals surface area contributed by atoms with Crippen molar-refractivity contribution in [3.63, 3.8) is 0 Å². The number of rotatable bonds is 2. The molecule has 3 heteroatoms. The summed E-state index contributed by atoms with van der Waals surface area (Å²) in [4.78, 5) is 12.0. The zero-order chi connectivity index (χ0) is 10.7. The summed E-state index contributed by atoms with van der Waals surface area (Å²) < 4.78 is 0. The molecule has 1 aromatic carbocycles. The molecule has 2 nitrogen and oxygen atoms in total. The Labute approximate surface area is 92.6 Å². The molecule has 0 fully saturated rings.